The molecular weight excluding hydrogens is 272 g/mol. The van der Waals surface area contributed by atoms with Gasteiger partial charge in [0.05, 0.1) is 16.5 Å². The molecule has 1 saturated heterocycles. The van der Waals surface area contributed by atoms with Crippen LogP contribution in [0.5, 0.6) is 0 Å². The van der Waals surface area contributed by atoms with Gasteiger partial charge in [0, 0.05) is 18.0 Å². The van der Waals surface area contributed by atoms with E-state index < -0.39 is 0 Å². The molecule has 1 aliphatic heterocycles. The summed E-state index contributed by atoms with van der Waals surface area (Å²) in [7, 11) is 0. The third kappa shape index (κ3) is 3.37. The van der Waals surface area contributed by atoms with Gasteiger partial charge in [0.1, 0.15) is 0 Å². The van der Waals surface area contributed by atoms with Crippen molar-refractivity contribution in [2.75, 3.05) is 13.1 Å². The molecule has 1 atom stereocenters. The summed E-state index contributed by atoms with van der Waals surface area (Å²) < 4.78 is 0.729. The normalized spacial score (nSPS) is 18.7. The van der Waals surface area contributed by atoms with Crippen LogP contribution in [0.2, 0.25) is 4.34 Å². The summed E-state index contributed by atoms with van der Waals surface area (Å²) in [5.41, 5.74) is 0. The van der Waals surface area contributed by atoms with Gasteiger partial charge in [-0.15, -0.1) is 11.3 Å². The van der Waals surface area contributed by atoms with Gasteiger partial charge in [0.2, 0.25) is 0 Å². The fourth-order valence-corrected chi connectivity index (χ4v) is 3.04. The van der Waals surface area contributed by atoms with E-state index in [9.17, 15) is 9.90 Å². The summed E-state index contributed by atoms with van der Waals surface area (Å²) in [5.74, 6) is 0. The van der Waals surface area contributed by atoms with Crippen LogP contribution in [0, 0.1) is 0 Å². The van der Waals surface area contributed by atoms with E-state index in [0.717, 1.165) is 9.21 Å². The van der Waals surface area contributed by atoms with Gasteiger partial charge in [-0.2, -0.15) is 0 Å². The van der Waals surface area contributed by atoms with E-state index in [2.05, 4.69) is 5.32 Å². The van der Waals surface area contributed by atoms with Crippen LogP contribution in [0.4, 0.5) is 4.79 Å². The molecule has 2 N–H and O–H groups in total. The van der Waals surface area contributed by atoms with Gasteiger partial charge in [0.25, 0.3) is 0 Å². The van der Waals surface area contributed by atoms with Crippen molar-refractivity contribution in [2.45, 2.75) is 31.9 Å². The minimum Gasteiger partial charge on any atom is -0.393 e. The van der Waals surface area contributed by atoms with E-state index in [1.807, 2.05) is 19.1 Å². The van der Waals surface area contributed by atoms with Crippen molar-refractivity contribution in [2.24, 2.45) is 0 Å². The zero-order valence-corrected chi connectivity index (χ0v) is 11.8. The van der Waals surface area contributed by atoms with Crippen LogP contribution in [0.25, 0.3) is 0 Å². The molecule has 1 fully saturated rings. The molecule has 4 nitrogen and oxygen atoms in total. The van der Waals surface area contributed by atoms with E-state index in [4.69, 9.17) is 11.6 Å². The number of carbonyl (C=O) groups is 1. The van der Waals surface area contributed by atoms with Gasteiger partial charge in [-0.25, -0.2) is 4.79 Å². The number of hydrogen-bond donors (Lipinski definition) is 2. The molecule has 2 rings (SSSR count). The number of piperidine rings is 1. The highest BCUT2D eigenvalue weighted by Gasteiger charge is 2.22. The maximum absolute atomic E-state index is 12.0. The Kier molecular flexibility index (Phi) is 4.48. The number of rotatable bonds is 2. The smallest absolute Gasteiger partial charge is 0.317 e. The fourth-order valence-electron chi connectivity index (χ4n) is 1.98. The number of hydrogen-bond acceptors (Lipinski definition) is 3. The van der Waals surface area contributed by atoms with Gasteiger partial charge in [-0.3, -0.25) is 0 Å². The van der Waals surface area contributed by atoms with Crippen LogP contribution in [0.1, 0.15) is 30.7 Å². The summed E-state index contributed by atoms with van der Waals surface area (Å²) in [6, 6.07) is 3.65. The lowest BCUT2D eigenvalue weighted by molar-refractivity contribution is 0.0930. The van der Waals surface area contributed by atoms with Crippen molar-refractivity contribution >= 4 is 29.0 Å². The molecule has 2 amide bonds. The molecule has 1 aromatic rings. The number of thiophene rings is 1. The first kappa shape index (κ1) is 13.6. The largest absolute Gasteiger partial charge is 0.393 e. The number of amides is 2. The topological polar surface area (TPSA) is 52.6 Å². The van der Waals surface area contributed by atoms with Crippen molar-refractivity contribution in [3.05, 3.63) is 21.3 Å². The Bertz CT molecular complexity index is 416. The van der Waals surface area contributed by atoms with Gasteiger partial charge in [-0.05, 0) is 31.9 Å². The van der Waals surface area contributed by atoms with E-state index in [1.54, 1.807) is 4.90 Å². The lowest BCUT2D eigenvalue weighted by atomic mass is 10.1. The Morgan fingerprint density at radius 2 is 2.22 bits per heavy atom. The Morgan fingerprint density at radius 1 is 1.56 bits per heavy atom. The van der Waals surface area contributed by atoms with Crippen LogP contribution in [-0.2, 0) is 0 Å². The van der Waals surface area contributed by atoms with Crippen molar-refractivity contribution in [3.8, 4) is 0 Å². The summed E-state index contributed by atoms with van der Waals surface area (Å²) in [4.78, 5) is 14.8. The molecule has 1 aliphatic rings. The maximum atomic E-state index is 12.0. The lowest BCUT2D eigenvalue weighted by Crippen LogP contribution is -2.46. The first-order valence-corrected chi connectivity index (χ1v) is 7.24. The van der Waals surface area contributed by atoms with Crippen molar-refractivity contribution in [3.63, 3.8) is 0 Å². The average molecular weight is 289 g/mol. The summed E-state index contributed by atoms with van der Waals surface area (Å²) in [6.45, 7) is 3.18. The number of aliphatic hydroxyl groups excluding tert-OH is 1. The molecule has 0 saturated carbocycles. The number of halogens is 1. The van der Waals surface area contributed by atoms with Gasteiger partial charge in [-0.1, -0.05) is 11.6 Å². The highest BCUT2D eigenvalue weighted by atomic mass is 35.5. The summed E-state index contributed by atoms with van der Waals surface area (Å²) in [6.07, 6.45) is 1.06. The van der Waals surface area contributed by atoms with Gasteiger partial charge < -0.3 is 15.3 Å². The molecular formula is C12H17ClN2O2S. The van der Waals surface area contributed by atoms with Crippen LogP contribution < -0.4 is 5.32 Å². The molecule has 0 radical (unpaired) electrons. The van der Waals surface area contributed by atoms with Crippen molar-refractivity contribution < 1.29 is 9.90 Å². The fraction of sp³-hybridized carbons (Fsp3) is 0.583. The molecule has 0 unspecified atom stereocenters. The number of carbonyl (C=O) groups excluding carboxylic acids is 1. The zero-order valence-electron chi connectivity index (χ0n) is 10.2. The predicted octanol–water partition coefficient (Wildman–Crippen LogP) is 2.63. The Labute approximate surface area is 116 Å². The molecule has 6 heteroatoms. The predicted molar refractivity (Wildman–Crippen MR) is 73.1 cm³/mol. The van der Waals surface area contributed by atoms with Crippen LogP contribution in [0.3, 0.4) is 0 Å². The molecule has 0 spiro atoms. The van der Waals surface area contributed by atoms with Crippen LogP contribution in [0.15, 0.2) is 12.1 Å². The number of urea groups is 1. The standard InChI is InChI=1S/C12H17ClN2O2S/c1-8(10-2-3-11(13)18-10)14-12(17)15-6-4-9(16)5-7-15/h2-3,8-9,16H,4-7H2,1H3,(H,14,17)/t8-/m1/s1. The minimum absolute atomic E-state index is 0.0400. The highest BCUT2D eigenvalue weighted by Crippen LogP contribution is 2.26. The van der Waals surface area contributed by atoms with E-state index in [-0.39, 0.29) is 18.2 Å². The summed E-state index contributed by atoms with van der Waals surface area (Å²) >= 11 is 7.35. The van der Waals surface area contributed by atoms with Gasteiger partial charge in [0.15, 0.2) is 0 Å². The van der Waals surface area contributed by atoms with E-state index >= 15 is 0 Å². The Hall–Kier alpha value is -0.780. The SMILES string of the molecule is C[C@@H](NC(=O)N1CCC(O)CC1)c1ccc(Cl)s1. The van der Waals surface area contributed by atoms with Gasteiger partial charge >= 0.3 is 6.03 Å². The number of nitrogens with zero attached hydrogens (tertiary/aromatic N) is 1. The van der Waals surface area contributed by atoms with E-state index in [0.29, 0.717) is 25.9 Å². The first-order chi connectivity index (χ1) is 8.56. The average Bonchev–Trinajstić information content (AvgIpc) is 2.76. The second-order valence-electron chi connectivity index (χ2n) is 4.53. The first-order valence-electron chi connectivity index (χ1n) is 6.05. The monoisotopic (exact) mass is 288 g/mol. The number of likely N-dealkylation sites (tertiary alicyclic amines) is 1. The quantitative estimate of drug-likeness (QED) is 0.879. The highest BCUT2D eigenvalue weighted by molar-refractivity contribution is 7.16. The second kappa shape index (κ2) is 5.91. The number of aliphatic hydroxyl groups is 1. The second-order valence-corrected chi connectivity index (χ2v) is 6.28. The van der Waals surface area contributed by atoms with E-state index in [1.165, 1.54) is 11.3 Å². The molecule has 0 bridgehead atoms. The van der Waals surface area contributed by atoms with Crippen molar-refractivity contribution in [1.82, 2.24) is 10.2 Å². The molecule has 1 aromatic heterocycles. The third-order valence-corrected chi connectivity index (χ3v) is 4.53. The van der Waals surface area contributed by atoms with Crippen LogP contribution >= 0.6 is 22.9 Å². The number of nitrogens with one attached hydrogen (secondary N) is 1. The molecule has 18 heavy (non-hydrogen) atoms. The van der Waals surface area contributed by atoms with Crippen molar-refractivity contribution in [1.29, 1.82) is 0 Å². The third-order valence-electron chi connectivity index (χ3n) is 3.11. The van der Waals surface area contributed by atoms with Crippen LogP contribution in [-0.4, -0.2) is 35.2 Å². The molecule has 0 aromatic carbocycles. The zero-order chi connectivity index (χ0) is 13.1. The summed E-state index contributed by atoms with van der Waals surface area (Å²) in [5, 5.41) is 12.4. The molecule has 0 aliphatic carbocycles. The molecule has 100 valence electrons. The Balaban J connectivity index is 1.87. The Morgan fingerprint density at radius 3 is 2.78 bits per heavy atom. The maximum Gasteiger partial charge on any atom is 0.317 e. The lowest BCUT2D eigenvalue weighted by Gasteiger charge is -2.30. The minimum atomic E-state index is -0.262. The molecule has 2 heterocycles.